The maximum Gasteiger partial charge on any atom is 0.237 e. The first-order valence-corrected chi connectivity index (χ1v) is 11.6. The van der Waals surface area contributed by atoms with Crippen LogP contribution in [0.4, 0.5) is 17.1 Å². The molecule has 0 amide bonds. The van der Waals surface area contributed by atoms with Crippen LogP contribution in [0.25, 0.3) is 17.3 Å². The lowest BCUT2D eigenvalue weighted by Crippen LogP contribution is -2.36. The number of pyridine rings is 1. The van der Waals surface area contributed by atoms with Crippen LogP contribution in [0.1, 0.15) is 19.8 Å². The zero-order valence-corrected chi connectivity index (χ0v) is 19.0. The fourth-order valence-corrected chi connectivity index (χ4v) is 4.37. The van der Waals surface area contributed by atoms with Gasteiger partial charge in [-0.05, 0) is 60.9 Å². The summed E-state index contributed by atoms with van der Waals surface area (Å²) in [7, 11) is 0. The van der Waals surface area contributed by atoms with E-state index in [4.69, 9.17) is 15.5 Å². The fraction of sp³-hybridized carbons (Fsp3) is 0.259. The molecule has 0 unspecified atom stereocenters. The van der Waals surface area contributed by atoms with Gasteiger partial charge in [-0.1, -0.05) is 19.1 Å². The molecule has 0 saturated carbocycles. The van der Waals surface area contributed by atoms with Crippen molar-refractivity contribution in [2.24, 2.45) is 4.99 Å². The van der Waals surface area contributed by atoms with Crippen molar-refractivity contribution in [2.75, 3.05) is 42.3 Å². The summed E-state index contributed by atoms with van der Waals surface area (Å²) < 4.78 is 5.47. The van der Waals surface area contributed by atoms with Gasteiger partial charge in [-0.25, -0.2) is 9.98 Å². The zero-order chi connectivity index (χ0) is 22.6. The van der Waals surface area contributed by atoms with E-state index in [9.17, 15) is 0 Å². The topological polar surface area (TPSA) is 77.0 Å². The van der Waals surface area contributed by atoms with Gasteiger partial charge in [0, 0.05) is 41.4 Å². The number of aromatic amines is 1. The number of rotatable bonds is 5. The molecule has 2 aliphatic heterocycles. The van der Waals surface area contributed by atoms with Gasteiger partial charge < -0.3 is 20.7 Å². The second-order valence-electron chi connectivity index (χ2n) is 8.38. The first-order valence-electron chi connectivity index (χ1n) is 11.6. The molecule has 33 heavy (non-hydrogen) atoms. The van der Waals surface area contributed by atoms with Gasteiger partial charge in [0.05, 0.1) is 18.8 Å². The lowest BCUT2D eigenvalue weighted by Gasteiger charge is -2.29. The molecule has 2 aliphatic rings. The number of nitrogen functional groups attached to an aromatic ring is 1. The number of hydrogen-bond donors (Lipinski definition) is 2. The van der Waals surface area contributed by atoms with E-state index >= 15 is 0 Å². The molecule has 2 aromatic carbocycles. The van der Waals surface area contributed by atoms with Gasteiger partial charge in [-0.2, -0.15) is 0 Å². The van der Waals surface area contributed by atoms with Crippen LogP contribution in [-0.2, 0) is 4.74 Å². The minimum absolute atomic E-state index is 0.736. The molecule has 3 heterocycles. The Hall–Kier alpha value is -3.64. The van der Waals surface area contributed by atoms with Crippen LogP contribution < -0.4 is 31.5 Å². The Bertz CT molecular complexity index is 1290. The summed E-state index contributed by atoms with van der Waals surface area (Å²) in [4.78, 5) is 10.9. The Morgan fingerprint density at radius 1 is 1.09 bits per heavy atom. The predicted molar refractivity (Wildman–Crippen MR) is 133 cm³/mol. The highest BCUT2D eigenvalue weighted by atomic mass is 16.5. The molecule has 4 N–H and O–H groups in total. The van der Waals surface area contributed by atoms with Gasteiger partial charge in [0.15, 0.2) is 6.20 Å². The molecule has 1 saturated heterocycles. The normalized spacial score (nSPS) is 15.8. The molecule has 168 valence electrons. The molecule has 0 radical (unpaired) electrons. The number of H-pyrrole nitrogens is 1. The van der Waals surface area contributed by atoms with E-state index in [1.54, 1.807) is 0 Å². The van der Waals surface area contributed by atoms with E-state index in [2.05, 4.69) is 64.6 Å². The Morgan fingerprint density at radius 3 is 2.67 bits per heavy atom. The molecular weight excluding hydrogens is 410 g/mol. The first kappa shape index (κ1) is 21.2. The number of fused-ring (bicyclic) bond motifs is 1. The summed E-state index contributed by atoms with van der Waals surface area (Å²) >= 11 is 0. The summed E-state index contributed by atoms with van der Waals surface area (Å²) in [5.41, 5.74) is 12.3. The number of allylic oxidation sites excluding steroid dienone is 1. The number of benzene rings is 2. The Labute approximate surface area is 194 Å². The molecule has 0 spiro atoms. The molecule has 3 aromatic rings. The smallest absolute Gasteiger partial charge is 0.237 e. The summed E-state index contributed by atoms with van der Waals surface area (Å²) in [6, 6.07) is 18.6. The number of hydrogen-bond acceptors (Lipinski definition) is 5. The maximum atomic E-state index is 6.06. The van der Waals surface area contributed by atoms with Crippen LogP contribution in [-0.4, -0.2) is 26.3 Å². The van der Waals surface area contributed by atoms with Crippen LogP contribution in [0.15, 0.2) is 77.2 Å². The lowest BCUT2D eigenvalue weighted by atomic mass is 10.1. The Morgan fingerprint density at radius 2 is 1.91 bits per heavy atom. The number of ether oxygens (including phenoxy) is 1. The number of nitrogens with one attached hydrogen (secondary N) is 2. The average Bonchev–Trinajstić information content (AvgIpc) is 3.04. The highest BCUT2D eigenvalue weighted by Crippen LogP contribution is 2.23. The first-order chi connectivity index (χ1) is 16.2. The van der Waals surface area contributed by atoms with Crippen LogP contribution in [0, 0.1) is 0 Å². The third kappa shape index (κ3) is 4.61. The molecule has 0 aliphatic carbocycles. The second kappa shape index (κ2) is 9.46. The fourth-order valence-electron chi connectivity index (χ4n) is 4.37. The molecule has 5 rings (SSSR count). The van der Waals surface area contributed by atoms with Crippen molar-refractivity contribution in [1.29, 1.82) is 0 Å². The molecule has 6 heteroatoms. The number of nitrogens with two attached hydrogens (primary N) is 1. The van der Waals surface area contributed by atoms with Crippen molar-refractivity contribution in [3.63, 3.8) is 0 Å². The molecule has 0 atom stereocenters. The third-order valence-corrected chi connectivity index (χ3v) is 6.24. The quantitative estimate of drug-likeness (QED) is 0.598. The minimum Gasteiger partial charge on any atom is -0.399 e. The van der Waals surface area contributed by atoms with Gasteiger partial charge >= 0.3 is 0 Å². The van der Waals surface area contributed by atoms with Crippen molar-refractivity contribution in [3.05, 3.63) is 82.8 Å². The molecule has 0 bridgehead atoms. The maximum absolute atomic E-state index is 6.06. The van der Waals surface area contributed by atoms with Crippen LogP contribution in [0.2, 0.25) is 0 Å². The van der Waals surface area contributed by atoms with Crippen LogP contribution in [0.3, 0.4) is 0 Å². The SMILES string of the molecule is CCC1=C(Nc2ccc(N3CCOCC3)cc2)N=c2c(-c3cccc(N)c3)[nH+]ccc2=CC1. The average molecular weight is 441 g/mol. The van der Waals surface area contributed by atoms with Gasteiger partial charge in [0.1, 0.15) is 11.2 Å². The van der Waals surface area contributed by atoms with Gasteiger partial charge in [-0.3, -0.25) is 0 Å². The van der Waals surface area contributed by atoms with Gasteiger partial charge in [0.2, 0.25) is 5.69 Å². The van der Waals surface area contributed by atoms with E-state index in [0.717, 1.165) is 78.2 Å². The number of morpholine rings is 1. The highest BCUT2D eigenvalue weighted by Gasteiger charge is 2.16. The summed E-state index contributed by atoms with van der Waals surface area (Å²) in [5, 5.41) is 5.65. The molecule has 6 nitrogen and oxygen atoms in total. The van der Waals surface area contributed by atoms with E-state index < -0.39 is 0 Å². The van der Waals surface area contributed by atoms with E-state index in [1.165, 1.54) is 11.3 Å². The summed E-state index contributed by atoms with van der Waals surface area (Å²) in [6.45, 7) is 5.62. The van der Waals surface area contributed by atoms with Crippen LogP contribution >= 0.6 is 0 Å². The Kier molecular flexibility index (Phi) is 6.09. The number of aromatic nitrogens is 1. The van der Waals surface area contributed by atoms with Crippen LogP contribution in [0.5, 0.6) is 0 Å². The number of nitrogens with zero attached hydrogens (tertiary/aromatic N) is 2. The Balaban J connectivity index is 1.51. The molecule has 1 fully saturated rings. The molecular formula is C27H30N5O+. The van der Waals surface area contributed by atoms with E-state index in [1.807, 2.05) is 24.4 Å². The predicted octanol–water partition coefficient (Wildman–Crippen LogP) is 3.12. The second-order valence-corrected chi connectivity index (χ2v) is 8.38. The van der Waals surface area contributed by atoms with Crippen molar-refractivity contribution < 1.29 is 9.72 Å². The summed E-state index contributed by atoms with van der Waals surface area (Å²) in [6.07, 6.45) is 6.02. The zero-order valence-electron chi connectivity index (χ0n) is 19.0. The monoisotopic (exact) mass is 440 g/mol. The van der Waals surface area contributed by atoms with E-state index in [-0.39, 0.29) is 0 Å². The molecule has 1 aromatic heterocycles. The summed E-state index contributed by atoms with van der Waals surface area (Å²) in [5.74, 6) is 0.913. The third-order valence-electron chi connectivity index (χ3n) is 6.24. The van der Waals surface area contributed by atoms with E-state index in [0.29, 0.717) is 0 Å². The van der Waals surface area contributed by atoms with Crippen molar-refractivity contribution >= 4 is 23.1 Å². The minimum atomic E-state index is 0.736. The highest BCUT2D eigenvalue weighted by molar-refractivity contribution is 5.63. The van der Waals surface area contributed by atoms with Crippen molar-refractivity contribution in [3.8, 4) is 11.3 Å². The largest absolute Gasteiger partial charge is 0.399 e. The lowest BCUT2D eigenvalue weighted by molar-refractivity contribution is -0.366. The van der Waals surface area contributed by atoms with Crippen molar-refractivity contribution in [2.45, 2.75) is 19.8 Å². The van der Waals surface area contributed by atoms with Gasteiger partial charge in [0.25, 0.3) is 0 Å². The van der Waals surface area contributed by atoms with Gasteiger partial charge in [-0.15, -0.1) is 0 Å². The number of anilines is 3. The van der Waals surface area contributed by atoms with Crippen molar-refractivity contribution in [1.82, 2.24) is 0 Å². The standard InChI is InChI=1S/C27H29N5O/c1-2-19-6-7-20-12-13-29-25(21-4-3-5-22(28)18-21)26(20)31-27(19)30-23-8-10-24(11-9-23)32-14-16-33-17-15-32/h3-5,7-13,18,30H,2,6,14-17,28H2,1H3/p+1.